The van der Waals surface area contributed by atoms with Gasteiger partial charge in [-0.2, -0.15) is 0 Å². The fourth-order valence-electron chi connectivity index (χ4n) is 0.0680. The smallest absolute Gasteiger partial charge is 0.0589 e. The van der Waals surface area contributed by atoms with Crippen molar-refractivity contribution in [3.63, 3.8) is 0 Å². The minimum Gasteiger partial charge on any atom is -0.312 e. The van der Waals surface area contributed by atoms with E-state index in [0.717, 1.165) is 6.61 Å². The van der Waals surface area contributed by atoms with E-state index in [9.17, 15) is 0 Å². The van der Waals surface area contributed by atoms with E-state index in [1.54, 1.807) is 0 Å². The van der Waals surface area contributed by atoms with Crippen molar-refractivity contribution >= 4 is 20.1 Å². The van der Waals surface area contributed by atoms with Gasteiger partial charge in [-0.25, -0.2) is 0 Å². The van der Waals surface area contributed by atoms with Crippen molar-refractivity contribution in [2.75, 3.05) is 6.61 Å². The molecular formula is C2H7OPS. The number of hydrogen-bond donors (Lipinski definition) is 0. The summed E-state index contributed by atoms with van der Waals surface area (Å²) in [5.74, 6) is 0. The van der Waals surface area contributed by atoms with Gasteiger partial charge in [0.25, 0.3) is 0 Å². The van der Waals surface area contributed by atoms with Gasteiger partial charge in [-0.1, -0.05) is 0 Å². The Bertz CT molecular complexity index is 17.1. The van der Waals surface area contributed by atoms with Crippen LogP contribution in [0.1, 0.15) is 6.92 Å². The molecule has 5 heavy (non-hydrogen) atoms. The highest BCUT2D eigenvalue weighted by molar-refractivity contribution is 8.40. The molecule has 0 fully saturated rings. The molecule has 1 unspecified atom stereocenters. The molecule has 0 N–H and O–H groups in total. The summed E-state index contributed by atoms with van der Waals surface area (Å²) >= 11 is 1.32. The molecule has 0 aliphatic heterocycles. The molecule has 0 spiro atoms. The Morgan fingerprint density at radius 3 is 2.60 bits per heavy atom. The van der Waals surface area contributed by atoms with Crippen LogP contribution in [0.25, 0.3) is 0 Å². The number of rotatable bonds is 2. The molecule has 0 saturated heterocycles. The third kappa shape index (κ3) is 4.74. The molecule has 0 radical (unpaired) electrons. The lowest BCUT2D eigenvalue weighted by Crippen LogP contribution is -1.67. The minimum absolute atomic E-state index is 0.786. The van der Waals surface area contributed by atoms with Gasteiger partial charge in [0.2, 0.25) is 0 Å². The van der Waals surface area contributed by atoms with Crippen molar-refractivity contribution in [2.24, 2.45) is 0 Å². The van der Waals surface area contributed by atoms with Gasteiger partial charge < -0.3 is 4.18 Å². The second-order valence-electron chi connectivity index (χ2n) is 0.503. The summed E-state index contributed by atoms with van der Waals surface area (Å²) < 4.78 is 4.71. The Hall–Kier alpha value is 0.740. The fraction of sp³-hybridized carbons (Fsp3) is 1.00. The first-order valence-electron chi connectivity index (χ1n) is 1.40. The van der Waals surface area contributed by atoms with Crippen molar-refractivity contribution in [1.29, 1.82) is 0 Å². The molecule has 0 aromatic carbocycles. The minimum atomic E-state index is 0.786. The normalized spacial score (nSPS) is 8.40. The van der Waals surface area contributed by atoms with Crippen LogP contribution in [-0.4, -0.2) is 6.61 Å². The average Bonchev–Trinajstić information content (AvgIpc) is 1.41. The highest BCUT2D eigenvalue weighted by Gasteiger charge is 1.65. The van der Waals surface area contributed by atoms with Crippen LogP contribution in [0, 0.1) is 0 Å². The lowest BCUT2D eigenvalue weighted by atomic mass is 10.9. The van der Waals surface area contributed by atoms with Gasteiger partial charge in [-0.15, -0.1) is 0 Å². The Labute approximate surface area is 38.6 Å². The van der Waals surface area contributed by atoms with Gasteiger partial charge in [0.15, 0.2) is 0 Å². The molecule has 0 heterocycles. The van der Waals surface area contributed by atoms with Gasteiger partial charge in [-0.05, 0) is 15.4 Å². The second kappa shape index (κ2) is 4.74. The van der Waals surface area contributed by atoms with Gasteiger partial charge in [0.1, 0.15) is 0 Å². The van der Waals surface area contributed by atoms with E-state index in [4.69, 9.17) is 4.18 Å². The standard InChI is InChI=1S/C2H7OPS/c1-2-3-5-4/h2,4H2,1H3. The Balaban J connectivity index is 2.19. The molecule has 1 nitrogen and oxygen atoms in total. The van der Waals surface area contributed by atoms with E-state index in [-0.39, 0.29) is 0 Å². The van der Waals surface area contributed by atoms with Crippen molar-refractivity contribution in [1.82, 2.24) is 0 Å². The van der Waals surface area contributed by atoms with Crippen molar-refractivity contribution in [3.05, 3.63) is 0 Å². The first-order chi connectivity index (χ1) is 2.41. The van der Waals surface area contributed by atoms with E-state index in [1.165, 1.54) is 11.7 Å². The van der Waals surface area contributed by atoms with E-state index < -0.39 is 0 Å². The van der Waals surface area contributed by atoms with Crippen LogP contribution in [-0.2, 0) is 4.18 Å². The lowest BCUT2D eigenvalue weighted by Gasteiger charge is -1.84. The van der Waals surface area contributed by atoms with E-state index in [0.29, 0.717) is 0 Å². The molecule has 0 bridgehead atoms. The van der Waals surface area contributed by atoms with Crippen LogP contribution < -0.4 is 0 Å². The van der Waals surface area contributed by atoms with Crippen molar-refractivity contribution in [2.45, 2.75) is 6.92 Å². The molecule has 0 aromatic rings. The largest absolute Gasteiger partial charge is 0.312 e. The first-order valence-corrected chi connectivity index (χ1v) is 3.62. The lowest BCUT2D eigenvalue weighted by molar-refractivity contribution is 0.408. The summed E-state index contributed by atoms with van der Waals surface area (Å²) in [4.78, 5) is 0. The highest BCUT2D eigenvalue weighted by Crippen LogP contribution is 2.09. The Morgan fingerprint density at radius 1 is 2.00 bits per heavy atom. The van der Waals surface area contributed by atoms with E-state index >= 15 is 0 Å². The maximum absolute atomic E-state index is 4.71. The van der Waals surface area contributed by atoms with Gasteiger partial charge in [0, 0.05) is 11.7 Å². The zero-order valence-corrected chi connectivity index (χ0v) is 5.07. The molecule has 0 amide bonds. The summed E-state index contributed by atoms with van der Waals surface area (Å²) in [6.07, 6.45) is 0. The average molecular weight is 110 g/mol. The topological polar surface area (TPSA) is 9.23 Å². The van der Waals surface area contributed by atoms with Gasteiger partial charge >= 0.3 is 0 Å². The summed E-state index contributed by atoms with van der Waals surface area (Å²) in [7, 11) is 2.39. The SMILES string of the molecule is CCOSP. The van der Waals surface area contributed by atoms with Crippen LogP contribution in [0.15, 0.2) is 0 Å². The third-order valence-corrected chi connectivity index (χ3v) is 0.966. The monoisotopic (exact) mass is 110 g/mol. The van der Waals surface area contributed by atoms with Crippen LogP contribution in [0.2, 0.25) is 0 Å². The van der Waals surface area contributed by atoms with Crippen LogP contribution in [0.4, 0.5) is 0 Å². The zero-order valence-electron chi connectivity index (χ0n) is 3.10. The van der Waals surface area contributed by atoms with E-state index in [2.05, 4.69) is 8.44 Å². The Morgan fingerprint density at radius 2 is 2.60 bits per heavy atom. The number of hydrogen-bond acceptors (Lipinski definition) is 2. The fourth-order valence-corrected chi connectivity index (χ4v) is 0.612. The molecule has 3 heteroatoms. The molecule has 32 valence electrons. The molecule has 0 aromatic heterocycles. The Kier molecular flexibility index (Phi) is 5.44. The summed E-state index contributed by atoms with van der Waals surface area (Å²) in [6.45, 7) is 2.74. The van der Waals surface area contributed by atoms with Crippen molar-refractivity contribution in [3.8, 4) is 0 Å². The summed E-state index contributed by atoms with van der Waals surface area (Å²) in [5, 5.41) is 0. The van der Waals surface area contributed by atoms with Crippen molar-refractivity contribution < 1.29 is 4.18 Å². The van der Waals surface area contributed by atoms with E-state index in [1.807, 2.05) is 6.92 Å². The van der Waals surface area contributed by atoms with Gasteiger partial charge in [0.05, 0.1) is 6.61 Å². The predicted molar refractivity (Wildman–Crippen MR) is 28.9 cm³/mol. The van der Waals surface area contributed by atoms with Crippen LogP contribution >= 0.6 is 20.1 Å². The maximum Gasteiger partial charge on any atom is 0.0589 e. The molecule has 0 aliphatic carbocycles. The third-order valence-electron chi connectivity index (χ3n) is 0.186. The summed E-state index contributed by atoms with van der Waals surface area (Å²) in [6, 6.07) is 0. The predicted octanol–water partition coefficient (Wildman–Crippen LogP) is 1.46. The molecular weight excluding hydrogens is 103 g/mol. The second-order valence-corrected chi connectivity index (χ2v) is 1.51. The molecule has 0 aliphatic rings. The zero-order chi connectivity index (χ0) is 4.12. The molecule has 0 rings (SSSR count). The molecule has 1 atom stereocenters. The first kappa shape index (κ1) is 5.74. The van der Waals surface area contributed by atoms with Gasteiger partial charge in [-0.3, -0.25) is 0 Å². The molecule has 0 saturated carbocycles. The quantitative estimate of drug-likeness (QED) is 0.393. The van der Waals surface area contributed by atoms with Crippen LogP contribution in [0.5, 0.6) is 0 Å². The highest BCUT2D eigenvalue weighted by atomic mass is 32.7. The maximum atomic E-state index is 4.71. The van der Waals surface area contributed by atoms with Crippen LogP contribution in [0.3, 0.4) is 0 Å². The summed E-state index contributed by atoms with van der Waals surface area (Å²) in [5.41, 5.74) is 0.